The van der Waals surface area contributed by atoms with Crippen LogP contribution in [0.1, 0.15) is 189 Å². The van der Waals surface area contributed by atoms with Gasteiger partial charge < -0.3 is 28.4 Å². The molecule has 0 bridgehead atoms. The van der Waals surface area contributed by atoms with E-state index in [0.29, 0.717) is 138 Å². The van der Waals surface area contributed by atoms with Crippen LogP contribution in [0.3, 0.4) is 0 Å². The predicted octanol–water partition coefficient (Wildman–Crippen LogP) is 21.1. The summed E-state index contributed by atoms with van der Waals surface area (Å²) in [5.74, 6) is 4.67. The molecule has 0 spiro atoms. The van der Waals surface area contributed by atoms with Crippen molar-refractivity contribution >= 4 is 95.0 Å². The highest BCUT2D eigenvalue weighted by atomic mass is 32.2. The fraction of sp³-hybridized carbons (Fsp3) is 0.359. The fourth-order valence-corrected chi connectivity index (χ4v) is 22.3. The van der Waals surface area contributed by atoms with Gasteiger partial charge in [-0.1, -0.05) is 280 Å². The summed E-state index contributed by atoms with van der Waals surface area (Å²) in [7, 11) is -20.5. The van der Waals surface area contributed by atoms with Crippen molar-refractivity contribution in [3.63, 3.8) is 0 Å². The lowest BCUT2D eigenvalue weighted by Gasteiger charge is -2.25. The number of hydrogen-bond donors (Lipinski definition) is 6. The molecule has 3 saturated carbocycles. The van der Waals surface area contributed by atoms with E-state index in [1.165, 1.54) is 6.20 Å². The van der Waals surface area contributed by atoms with Crippen LogP contribution in [-0.4, -0.2) is 113 Å². The lowest BCUT2D eigenvalue weighted by atomic mass is 10.0. The molecule has 15 rings (SSSR count). The minimum absolute atomic E-state index is 0.0688. The van der Waals surface area contributed by atoms with E-state index in [-0.39, 0.29) is 67.9 Å². The topological polar surface area (TPSA) is 410 Å². The highest BCUT2D eigenvalue weighted by Crippen LogP contribution is 2.35. The van der Waals surface area contributed by atoms with Crippen LogP contribution in [0.5, 0.6) is 34.5 Å². The van der Waals surface area contributed by atoms with Gasteiger partial charge in [0.25, 0.3) is 0 Å². The van der Waals surface area contributed by atoms with Crippen LogP contribution in [0.4, 0.5) is 34.9 Å². The molecule has 0 unspecified atom stereocenters. The van der Waals surface area contributed by atoms with Crippen molar-refractivity contribution in [2.24, 2.45) is 5.92 Å². The molecule has 3 aliphatic rings. The Morgan fingerprint density at radius 3 is 0.683 bits per heavy atom. The molecule has 6 N–H and O–H groups in total. The Labute approximate surface area is 820 Å². The van der Waals surface area contributed by atoms with Crippen molar-refractivity contribution < 1.29 is 78.9 Å². The van der Waals surface area contributed by atoms with E-state index in [1.807, 2.05) is 203 Å². The van der Waals surface area contributed by atoms with Gasteiger partial charge in [-0.25, -0.2) is 80.4 Å². The number of sulfonamides is 6. The van der Waals surface area contributed by atoms with E-state index in [9.17, 15) is 50.5 Å². The molecule has 744 valence electrons. The Morgan fingerprint density at radius 2 is 0.460 bits per heavy atom. The lowest BCUT2D eigenvalue weighted by Crippen LogP contribution is -2.33. The number of rotatable bonds is 45. The summed E-state index contributed by atoms with van der Waals surface area (Å²) in [4.78, 5) is 24.7. The van der Waals surface area contributed by atoms with E-state index in [4.69, 9.17) is 28.4 Å². The first-order chi connectivity index (χ1) is 67.1. The van der Waals surface area contributed by atoms with E-state index < -0.39 is 60.1 Å². The second-order valence-corrected chi connectivity index (χ2v) is 45.0. The molecule has 12 aromatic rings. The third kappa shape index (κ3) is 39.7. The van der Waals surface area contributed by atoms with Crippen LogP contribution >= 0.6 is 0 Å². The molecule has 0 saturated heterocycles. The van der Waals surface area contributed by atoms with Gasteiger partial charge in [0.15, 0.2) is 69.4 Å². The van der Waals surface area contributed by atoms with Crippen LogP contribution < -0.4 is 56.8 Å². The average Bonchev–Trinajstić information content (AvgIpc) is 1.65. The number of anilines is 6. The summed E-state index contributed by atoms with van der Waals surface area (Å²) in [6.45, 7) is 10.3. The summed E-state index contributed by atoms with van der Waals surface area (Å²) in [6, 6.07) is 78.9. The molecule has 0 radical (unpaired) electrons. The predicted molar refractivity (Wildman–Crippen MR) is 550 cm³/mol. The van der Waals surface area contributed by atoms with E-state index in [0.717, 1.165) is 104 Å². The number of aromatic nitrogens is 6. The second-order valence-electron chi connectivity index (χ2n) is 33.6. The first kappa shape index (κ1) is 109. The number of benzene rings is 6. The molecule has 6 heterocycles. The third-order valence-corrected chi connectivity index (χ3v) is 31.4. The van der Waals surface area contributed by atoms with Gasteiger partial charge in [0, 0.05) is 37.2 Å². The lowest BCUT2D eigenvalue weighted by molar-refractivity contribution is 0.307. The van der Waals surface area contributed by atoms with Crippen molar-refractivity contribution in [3.8, 4) is 34.5 Å². The SMILES string of the molecule is CC(C)CCS(=O)(=O)Nc1ncccc1OCc1ccccc1.CCCCCCS(=O)(=O)Nc1ncccc1OCc1ccccc1.CCCCCS(=O)(=O)Nc1ncccc1OCc1ccccc1.O=S(=O)(Nc1ncccc1OCc1ccccc1)C1CCC1.O=S(=O)(Nc1ncccc1OCc1ccccc1)C1CCCC1.O=S(=O)(Nc1ncccc1OCc1ccccc1)C1CCCCC1. The maximum atomic E-state index is 12.6. The largest absolute Gasteiger partial charge is 0.485 e. The summed E-state index contributed by atoms with van der Waals surface area (Å²) in [5, 5.41) is -0.974. The fourth-order valence-electron chi connectivity index (χ4n) is 14.1. The minimum atomic E-state index is -3.43. The Bertz CT molecular complexity index is 6360. The van der Waals surface area contributed by atoms with Crippen LogP contribution in [0.15, 0.2) is 292 Å². The number of hydrogen-bond acceptors (Lipinski definition) is 24. The number of pyridine rings is 6. The van der Waals surface area contributed by atoms with Crippen LogP contribution in [-0.2, 0) is 99.8 Å². The third-order valence-electron chi connectivity index (χ3n) is 22.0. The van der Waals surface area contributed by atoms with E-state index in [1.54, 1.807) is 104 Å². The molecule has 6 aromatic heterocycles. The van der Waals surface area contributed by atoms with Gasteiger partial charge >= 0.3 is 0 Å². The molecule has 3 aliphatic carbocycles. The van der Waals surface area contributed by atoms with Gasteiger partial charge in [0.2, 0.25) is 60.1 Å². The molecular formula is C103H128N12O18S6. The normalized spacial score (nSPS) is 13.4. The van der Waals surface area contributed by atoms with Gasteiger partial charge in [-0.3, -0.25) is 28.3 Å². The Balaban J connectivity index is 0.000000172. The molecule has 0 atom stereocenters. The summed E-state index contributed by atoms with van der Waals surface area (Å²) in [6.07, 6.45) is 26.3. The quantitative estimate of drug-likeness (QED) is 0.0193. The maximum absolute atomic E-state index is 12.6. The highest BCUT2D eigenvalue weighted by molar-refractivity contribution is 7.94. The van der Waals surface area contributed by atoms with Crippen molar-refractivity contribution in [3.05, 3.63) is 325 Å². The van der Waals surface area contributed by atoms with Crippen LogP contribution in [0.2, 0.25) is 0 Å². The molecule has 0 aliphatic heterocycles. The van der Waals surface area contributed by atoms with Crippen LogP contribution in [0, 0.1) is 5.92 Å². The zero-order chi connectivity index (χ0) is 98.9. The molecule has 6 aromatic carbocycles. The second kappa shape index (κ2) is 57.2. The molecule has 139 heavy (non-hydrogen) atoms. The van der Waals surface area contributed by atoms with Crippen LogP contribution in [0.25, 0.3) is 0 Å². The zero-order valence-corrected chi connectivity index (χ0v) is 83.9. The van der Waals surface area contributed by atoms with Crippen molar-refractivity contribution in [1.29, 1.82) is 0 Å². The van der Waals surface area contributed by atoms with Crippen molar-refractivity contribution in [2.75, 3.05) is 45.6 Å². The summed E-state index contributed by atoms with van der Waals surface area (Å²) >= 11 is 0. The van der Waals surface area contributed by atoms with Gasteiger partial charge in [0.05, 0.1) is 33.0 Å². The van der Waals surface area contributed by atoms with Gasteiger partial charge in [-0.05, 0) is 170 Å². The van der Waals surface area contributed by atoms with Gasteiger partial charge in [0.1, 0.15) is 39.6 Å². The minimum Gasteiger partial charge on any atom is -0.485 e. The number of nitrogens with one attached hydrogen (secondary N) is 6. The summed E-state index contributed by atoms with van der Waals surface area (Å²) < 4.78 is 197. The number of nitrogens with zero attached hydrogens (tertiary/aromatic N) is 6. The average molecular weight is 2010 g/mol. The summed E-state index contributed by atoms with van der Waals surface area (Å²) in [5.41, 5.74) is 6.07. The number of unbranched alkanes of at least 4 members (excludes halogenated alkanes) is 5. The molecule has 30 nitrogen and oxygen atoms in total. The Hall–Kier alpha value is -12.5. The smallest absolute Gasteiger partial charge is 0.236 e. The van der Waals surface area contributed by atoms with Crippen molar-refractivity contribution in [1.82, 2.24) is 29.9 Å². The first-order valence-corrected chi connectivity index (χ1v) is 56.5. The maximum Gasteiger partial charge on any atom is 0.236 e. The standard InChI is InChI=1S/C18H22N2O3S.C18H24N2O3S.C17H20N2O3S.2C17H22N2O3S.C16H18N2O3S/c21-24(22,16-10-5-2-6-11-16)20-18-17(12-7-13-19-18)23-14-15-8-3-1-4-9-15;1-2-3-4-8-14-24(21,22)20-18-17(12-9-13-19-18)23-15-16-10-6-5-7-11-16;20-23(21,15-9-4-5-10-15)19-17-16(11-6-12-18-17)22-13-14-7-2-1-3-8-14;1-14(2)10-12-23(20,21)19-17-16(9-6-11-18-17)22-13-15-7-4-3-5-8-15;1-2-3-7-13-23(20,21)19-17-16(11-8-12-18-17)22-14-15-9-5-4-6-10-15;19-22(20,14-8-4-9-14)18-16-15(10-5-11-17-16)21-12-13-6-2-1-3-7-13/h1,3-4,7-9,12-13,16H,2,5-6,10-11,14H2,(H,19,20);5-7,9-13H,2-4,8,14-15H2,1H3,(H,19,20);1-3,6-8,11-12,15H,4-5,9-10,13H2,(H,18,19);3-9,11,14H,10,12-13H2,1-2H3,(H,18,19);4-6,8-12H,2-3,7,13-14H2,1H3,(H,18,19);1-3,5-7,10-11,14H,4,8-9,12H2,(H,17,18). The molecular weight excluding hydrogens is 1890 g/mol. The molecule has 3 fully saturated rings. The molecule has 36 heteroatoms. The Kier molecular flexibility index (Phi) is 44.6. The zero-order valence-electron chi connectivity index (χ0n) is 79.0. The van der Waals surface area contributed by atoms with Gasteiger partial charge in [-0.15, -0.1) is 0 Å². The monoisotopic (exact) mass is 2010 g/mol. The van der Waals surface area contributed by atoms with Crippen molar-refractivity contribution in [2.45, 2.75) is 212 Å². The number of ether oxygens (including phenoxy) is 6. The highest BCUT2D eigenvalue weighted by Gasteiger charge is 2.34. The van der Waals surface area contributed by atoms with E-state index >= 15 is 0 Å². The van der Waals surface area contributed by atoms with E-state index in [2.05, 4.69) is 65.2 Å². The molecule has 0 amide bonds. The Morgan fingerprint density at radius 1 is 0.252 bits per heavy atom. The first-order valence-electron chi connectivity index (χ1n) is 46.9. The van der Waals surface area contributed by atoms with Gasteiger partial charge in [-0.2, -0.15) is 0 Å².